The molecule has 3 rings (SSSR count). The second-order valence-electron chi connectivity index (χ2n) is 7.46. The van der Waals surface area contributed by atoms with Crippen molar-refractivity contribution in [1.82, 2.24) is 19.7 Å². The molecule has 2 saturated heterocycles. The molecular weight excluding hydrogens is 360 g/mol. The molecule has 0 bridgehead atoms. The molecular formula is C20H30N4O4. The molecule has 1 N–H and O–H groups in total. The summed E-state index contributed by atoms with van der Waals surface area (Å²) in [5.41, 5.74) is 2.77. The molecule has 0 saturated carbocycles. The zero-order chi connectivity index (χ0) is 20.3. The summed E-state index contributed by atoms with van der Waals surface area (Å²) in [5, 5.41) is 0. The summed E-state index contributed by atoms with van der Waals surface area (Å²) >= 11 is 0. The fourth-order valence-electron chi connectivity index (χ4n) is 4.08. The van der Waals surface area contributed by atoms with E-state index in [4.69, 9.17) is 4.74 Å². The maximum absolute atomic E-state index is 12.9. The molecule has 2 fully saturated rings. The molecule has 0 atom stereocenters. The molecule has 28 heavy (non-hydrogen) atoms. The highest BCUT2D eigenvalue weighted by atomic mass is 16.5. The van der Waals surface area contributed by atoms with E-state index in [9.17, 15) is 14.4 Å². The summed E-state index contributed by atoms with van der Waals surface area (Å²) in [4.78, 5) is 46.2. The highest BCUT2D eigenvalue weighted by molar-refractivity contribution is 6.04. The first-order valence-corrected chi connectivity index (χ1v) is 10.0. The number of carbonyl (C=O) groups is 3. The molecule has 0 spiro atoms. The monoisotopic (exact) mass is 390 g/mol. The van der Waals surface area contributed by atoms with Crippen LogP contribution in [0.4, 0.5) is 4.79 Å². The Hall–Kier alpha value is -2.19. The smallest absolute Gasteiger partial charge is 0.320 e. The Morgan fingerprint density at radius 2 is 1.61 bits per heavy atom. The van der Waals surface area contributed by atoms with E-state index in [1.54, 1.807) is 0 Å². The van der Waals surface area contributed by atoms with Crippen molar-refractivity contribution in [2.75, 3.05) is 59.0 Å². The summed E-state index contributed by atoms with van der Waals surface area (Å²) < 4.78 is 5.30. The molecule has 1 aromatic heterocycles. The van der Waals surface area contributed by atoms with Crippen LogP contribution in [-0.2, 0) is 11.2 Å². The molecule has 1 aromatic rings. The van der Waals surface area contributed by atoms with Crippen molar-refractivity contribution in [1.29, 1.82) is 0 Å². The van der Waals surface area contributed by atoms with Gasteiger partial charge in [-0.1, -0.05) is 6.92 Å². The van der Waals surface area contributed by atoms with Crippen molar-refractivity contribution in [3.63, 3.8) is 0 Å². The number of Topliss-reactive ketones (excluding diaryl/α,β-unsaturated/α-hetero) is 2. The average molecular weight is 390 g/mol. The van der Waals surface area contributed by atoms with Crippen LogP contribution in [0.1, 0.15) is 46.0 Å². The Labute approximate surface area is 165 Å². The number of rotatable bonds is 5. The lowest BCUT2D eigenvalue weighted by Crippen LogP contribution is -2.55. The van der Waals surface area contributed by atoms with E-state index in [0.717, 1.165) is 11.3 Å². The number of carbonyl (C=O) groups excluding carboxylic acids is 3. The Bertz CT molecular complexity index is 744. The number of hydrogen-bond acceptors (Lipinski definition) is 5. The first-order chi connectivity index (χ1) is 13.4. The first kappa shape index (κ1) is 20.5. The van der Waals surface area contributed by atoms with Gasteiger partial charge in [0.05, 0.1) is 25.5 Å². The van der Waals surface area contributed by atoms with Crippen LogP contribution in [0.3, 0.4) is 0 Å². The third-order valence-corrected chi connectivity index (χ3v) is 5.57. The van der Waals surface area contributed by atoms with Crippen molar-refractivity contribution in [3.05, 3.63) is 22.5 Å². The van der Waals surface area contributed by atoms with E-state index in [1.807, 2.05) is 23.6 Å². The lowest BCUT2D eigenvalue weighted by Gasteiger charge is -2.38. The van der Waals surface area contributed by atoms with Gasteiger partial charge in [0.2, 0.25) is 0 Å². The van der Waals surface area contributed by atoms with Crippen LogP contribution in [0.25, 0.3) is 0 Å². The number of H-pyrrole nitrogens is 1. The summed E-state index contributed by atoms with van der Waals surface area (Å²) in [6, 6.07) is 0.0636. The molecule has 154 valence electrons. The van der Waals surface area contributed by atoms with E-state index in [-0.39, 0.29) is 17.6 Å². The molecule has 0 aliphatic carbocycles. The van der Waals surface area contributed by atoms with E-state index in [1.165, 1.54) is 6.92 Å². The van der Waals surface area contributed by atoms with Crippen LogP contribution in [-0.4, -0.2) is 96.3 Å². The molecule has 2 aliphatic heterocycles. The zero-order valence-electron chi connectivity index (χ0n) is 17.0. The predicted octanol–water partition coefficient (Wildman–Crippen LogP) is 1.34. The summed E-state index contributed by atoms with van der Waals surface area (Å²) in [7, 11) is 0. The number of aromatic nitrogens is 1. The van der Waals surface area contributed by atoms with Crippen LogP contribution in [0.2, 0.25) is 0 Å². The van der Waals surface area contributed by atoms with Crippen molar-refractivity contribution < 1.29 is 19.1 Å². The normalized spacial score (nSPS) is 18.4. The molecule has 0 aromatic carbocycles. The number of ether oxygens (including phenoxy) is 1. The molecule has 2 aliphatic rings. The average Bonchev–Trinajstić information content (AvgIpc) is 3.05. The predicted molar refractivity (Wildman–Crippen MR) is 105 cm³/mol. The van der Waals surface area contributed by atoms with Gasteiger partial charge in [-0.2, -0.15) is 0 Å². The summed E-state index contributed by atoms with van der Waals surface area (Å²) in [5.74, 6) is -0.0136. The number of aromatic amines is 1. The van der Waals surface area contributed by atoms with Gasteiger partial charge in [0.15, 0.2) is 11.6 Å². The number of piperazine rings is 1. The van der Waals surface area contributed by atoms with E-state index in [0.29, 0.717) is 76.7 Å². The largest absolute Gasteiger partial charge is 0.378 e. The Kier molecular flexibility index (Phi) is 6.51. The van der Waals surface area contributed by atoms with Crippen LogP contribution in [0.15, 0.2) is 0 Å². The minimum atomic E-state index is -0.0140. The Morgan fingerprint density at radius 3 is 2.18 bits per heavy atom. The number of morpholine rings is 1. The molecule has 8 heteroatoms. The maximum atomic E-state index is 12.9. The summed E-state index contributed by atoms with van der Waals surface area (Å²) in [6.45, 7) is 10.7. The molecule has 3 heterocycles. The zero-order valence-corrected chi connectivity index (χ0v) is 17.0. The molecule has 0 unspecified atom stereocenters. The Morgan fingerprint density at radius 1 is 1.00 bits per heavy atom. The topological polar surface area (TPSA) is 85.9 Å². The van der Waals surface area contributed by atoms with Crippen LogP contribution >= 0.6 is 0 Å². The standard InChI is InChI=1S/C20H30N4O4/c1-4-16-18(15(3)25)14(2)21-19(16)17(26)13-22-5-7-23(8-6-22)20(27)24-9-11-28-12-10-24/h21H,4-13H2,1-3H3. The fourth-order valence-corrected chi connectivity index (χ4v) is 4.08. The number of nitrogens with one attached hydrogen (secondary N) is 1. The minimum Gasteiger partial charge on any atom is -0.378 e. The van der Waals surface area contributed by atoms with Gasteiger partial charge in [-0.05, 0) is 25.8 Å². The van der Waals surface area contributed by atoms with E-state index >= 15 is 0 Å². The van der Waals surface area contributed by atoms with Crippen molar-refractivity contribution >= 4 is 17.6 Å². The number of nitrogens with zero attached hydrogens (tertiary/aromatic N) is 3. The van der Waals surface area contributed by atoms with Gasteiger partial charge in [-0.15, -0.1) is 0 Å². The molecule has 2 amide bonds. The van der Waals surface area contributed by atoms with Gasteiger partial charge in [0.25, 0.3) is 0 Å². The number of ketones is 2. The van der Waals surface area contributed by atoms with Crippen LogP contribution in [0.5, 0.6) is 0 Å². The summed E-state index contributed by atoms with van der Waals surface area (Å²) in [6.07, 6.45) is 0.641. The number of urea groups is 1. The van der Waals surface area contributed by atoms with Gasteiger partial charge >= 0.3 is 6.03 Å². The fraction of sp³-hybridized carbons (Fsp3) is 0.650. The maximum Gasteiger partial charge on any atom is 0.320 e. The second-order valence-corrected chi connectivity index (χ2v) is 7.46. The van der Waals surface area contributed by atoms with Crippen LogP contribution in [0, 0.1) is 6.92 Å². The van der Waals surface area contributed by atoms with Crippen molar-refractivity contribution in [3.8, 4) is 0 Å². The number of amides is 2. The number of aryl methyl sites for hydroxylation is 1. The van der Waals surface area contributed by atoms with Gasteiger partial charge in [0, 0.05) is 50.5 Å². The number of hydrogen-bond donors (Lipinski definition) is 1. The lowest BCUT2D eigenvalue weighted by molar-refractivity contribution is 0.0376. The van der Waals surface area contributed by atoms with Crippen LogP contribution < -0.4 is 0 Å². The van der Waals surface area contributed by atoms with E-state index in [2.05, 4.69) is 9.88 Å². The second kappa shape index (κ2) is 8.87. The quantitative estimate of drug-likeness (QED) is 0.767. The van der Waals surface area contributed by atoms with Gasteiger partial charge in [0.1, 0.15) is 0 Å². The first-order valence-electron chi connectivity index (χ1n) is 10.0. The van der Waals surface area contributed by atoms with E-state index < -0.39 is 0 Å². The van der Waals surface area contributed by atoms with Crippen molar-refractivity contribution in [2.24, 2.45) is 0 Å². The highest BCUT2D eigenvalue weighted by Gasteiger charge is 2.28. The minimum absolute atomic E-state index is 0.000376. The Balaban J connectivity index is 1.57. The highest BCUT2D eigenvalue weighted by Crippen LogP contribution is 2.21. The molecule has 8 nitrogen and oxygen atoms in total. The SMILES string of the molecule is CCc1c(C(=O)CN2CCN(C(=O)N3CCOCC3)CC2)[nH]c(C)c1C(C)=O. The van der Waals surface area contributed by atoms with Gasteiger partial charge < -0.3 is 19.5 Å². The van der Waals surface area contributed by atoms with Crippen molar-refractivity contribution in [2.45, 2.75) is 27.2 Å². The lowest BCUT2D eigenvalue weighted by atomic mass is 10.0. The molecule has 0 radical (unpaired) electrons. The third kappa shape index (κ3) is 4.28. The third-order valence-electron chi connectivity index (χ3n) is 5.57. The van der Waals surface area contributed by atoms with Gasteiger partial charge in [-0.25, -0.2) is 4.79 Å². The van der Waals surface area contributed by atoms with Gasteiger partial charge in [-0.3, -0.25) is 14.5 Å².